The number of hydrogen-bond acceptors (Lipinski definition) is 2. The molecule has 1 saturated heterocycles. The van der Waals surface area contributed by atoms with Crippen molar-refractivity contribution < 1.29 is 22.8 Å². The summed E-state index contributed by atoms with van der Waals surface area (Å²) in [7, 11) is 1.44. The summed E-state index contributed by atoms with van der Waals surface area (Å²) in [6, 6.07) is 0.614. The third kappa shape index (κ3) is 2.48. The van der Waals surface area contributed by atoms with Gasteiger partial charge in [-0.25, -0.2) is 13.2 Å². The fourth-order valence-electron chi connectivity index (χ4n) is 2.29. The number of likely N-dealkylation sites (N-methyl/N-ethyl adjacent to an activating group) is 1. The number of amides is 2. The predicted octanol–water partition coefficient (Wildman–Crippen LogP) is 1.45. The van der Waals surface area contributed by atoms with Gasteiger partial charge in [0.1, 0.15) is 6.04 Å². The van der Waals surface area contributed by atoms with Crippen LogP contribution in [0.3, 0.4) is 0 Å². The van der Waals surface area contributed by atoms with Crippen LogP contribution in [-0.2, 0) is 4.79 Å². The Morgan fingerprint density at radius 2 is 1.85 bits per heavy atom. The van der Waals surface area contributed by atoms with Crippen LogP contribution in [0.15, 0.2) is 12.1 Å². The van der Waals surface area contributed by atoms with E-state index >= 15 is 0 Å². The topological polar surface area (TPSA) is 49.4 Å². The van der Waals surface area contributed by atoms with Crippen LogP contribution in [0.25, 0.3) is 0 Å². The molecule has 1 aromatic rings. The highest BCUT2D eigenvalue weighted by atomic mass is 19.2. The molecule has 1 atom stereocenters. The fourth-order valence-corrected chi connectivity index (χ4v) is 2.29. The van der Waals surface area contributed by atoms with Gasteiger partial charge in [-0.05, 0) is 25.0 Å². The first kappa shape index (κ1) is 14.4. The molecular weight excluding hydrogens is 273 g/mol. The van der Waals surface area contributed by atoms with Crippen LogP contribution in [0.2, 0.25) is 0 Å². The van der Waals surface area contributed by atoms with Crippen molar-refractivity contribution in [1.29, 1.82) is 0 Å². The zero-order valence-corrected chi connectivity index (χ0v) is 10.8. The maximum atomic E-state index is 13.1. The molecular formula is C13H13F3N2O2. The minimum absolute atomic E-state index is 0.308. The van der Waals surface area contributed by atoms with Gasteiger partial charge in [0, 0.05) is 19.2 Å². The van der Waals surface area contributed by atoms with Crippen molar-refractivity contribution in [3.8, 4) is 0 Å². The number of benzene rings is 1. The van der Waals surface area contributed by atoms with E-state index in [1.807, 2.05) is 0 Å². The Kier molecular flexibility index (Phi) is 3.96. The van der Waals surface area contributed by atoms with E-state index in [9.17, 15) is 22.8 Å². The molecule has 1 aromatic carbocycles. The van der Waals surface area contributed by atoms with Crippen LogP contribution in [-0.4, -0.2) is 36.3 Å². The van der Waals surface area contributed by atoms with Crippen LogP contribution < -0.4 is 5.32 Å². The van der Waals surface area contributed by atoms with Crippen LogP contribution in [0, 0.1) is 17.5 Å². The van der Waals surface area contributed by atoms with Crippen LogP contribution >= 0.6 is 0 Å². The van der Waals surface area contributed by atoms with Crippen molar-refractivity contribution >= 4 is 11.8 Å². The zero-order chi connectivity index (χ0) is 14.9. The van der Waals surface area contributed by atoms with E-state index in [1.54, 1.807) is 0 Å². The average molecular weight is 286 g/mol. The maximum absolute atomic E-state index is 13.1. The van der Waals surface area contributed by atoms with E-state index < -0.39 is 29.4 Å². The molecule has 0 radical (unpaired) electrons. The normalized spacial score (nSPS) is 18.2. The number of nitrogens with one attached hydrogen (secondary N) is 1. The zero-order valence-electron chi connectivity index (χ0n) is 10.8. The summed E-state index contributed by atoms with van der Waals surface area (Å²) in [6.45, 7) is 0.317. The molecule has 1 N–H and O–H groups in total. The van der Waals surface area contributed by atoms with Gasteiger partial charge < -0.3 is 10.2 Å². The highest BCUT2D eigenvalue weighted by Gasteiger charge is 2.34. The van der Waals surface area contributed by atoms with Gasteiger partial charge >= 0.3 is 0 Å². The molecule has 0 spiro atoms. The number of nitrogens with zero attached hydrogens (tertiary/aromatic N) is 1. The van der Waals surface area contributed by atoms with E-state index in [1.165, 1.54) is 11.9 Å². The summed E-state index contributed by atoms with van der Waals surface area (Å²) in [5, 5.41) is 2.43. The lowest BCUT2D eigenvalue weighted by Crippen LogP contribution is -2.45. The Balaban J connectivity index is 2.29. The molecule has 20 heavy (non-hydrogen) atoms. The molecule has 108 valence electrons. The molecule has 4 nitrogen and oxygen atoms in total. The van der Waals surface area contributed by atoms with Crippen molar-refractivity contribution in [3.63, 3.8) is 0 Å². The predicted molar refractivity (Wildman–Crippen MR) is 64.4 cm³/mol. The van der Waals surface area contributed by atoms with E-state index in [0.717, 1.165) is 0 Å². The van der Waals surface area contributed by atoms with Crippen molar-refractivity contribution in [3.05, 3.63) is 35.1 Å². The van der Waals surface area contributed by atoms with Gasteiger partial charge in [-0.3, -0.25) is 9.59 Å². The quantitative estimate of drug-likeness (QED) is 0.837. The molecule has 0 saturated carbocycles. The second kappa shape index (κ2) is 5.52. The molecule has 1 fully saturated rings. The standard InChI is InChI=1S/C13H13F3N2O2/c1-17-12(19)10-3-2-4-18(10)13(20)7-5-8(14)11(16)9(15)6-7/h5-6,10H,2-4H2,1H3,(H,17,19). The smallest absolute Gasteiger partial charge is 0.254 e. The highest BCUT2D eigenvalue weighted by Crippen LogP contribution is 2.22. The van der Waals surface area contributed by atoms with Gasteiger partial charge in [0.25, 0.3) is 5.91 Å². The molecule has 2 amide bonds. The lowest BCUT2D eigenvalue weighted by atomic mass is 10.1. The summed E-state index contributed by atoms with van der Waals surface area (Å²) < 4.78 is 39.2. The summed E-state index contributed by atoms with van der Waals surface area (Å²) in [5.74, 6) is -5.49. The van der Waals surface area contributed by atoms with Crippen LogP contribution in [0.4, 0.5) is 13.2 Å². The third-order valence-electron chi connectivity index (χ3n) is 3.29. The Hall–Kier alpha value is -2.05. The summed E-state index contributed by atoms with van der Waals surface area (Å²) in [4.78, 5) is 25.1. The molecule has 1 unspecified atom stereocenters. The van der Waals surface area contributed by atoms with Crippen molar-refractivity contribution in [1.82, 2.24) is 10.2 Å². The Morgan fingerprint density at radius 1 is 1.25 bits per heavy atom. The van der Waals surface area contributed by atoms with Gasteiger partial charge in [0.15, 0.2) is 17.5 Å². The molecule has 0 aliphatic carbocycles. The molecule has 1 aliphatic rings. The molecule has 1 aliphatic heterocycles. The number of likely N-dealkylation sites (tertiary alicyclic amines) is 1. The number of rotatable bonds is 2. The van der Waals surface area contributed by atoms with Crippen LogP contribution in [0.1, 0.15) is 23.2 Å². The Morgan fingerprint density at radius 3 is 2.40 bits per heavy atom. The second-order valence-electron chi connectivity index (χ2n) is 4.52. The number of carbonyl (C=O) groups excluding carboxylic acids is 2. The largest absolute Gasteiger partial charge is 0.357 e. The first-order valence-corrected chi connectivity index (χ1v) is 6.12. The molecule has 7 heteroatoms. The summed E-state index contributed by atoms with van der Waals surface area (Å²) >= 11 is 0. The van der Waals surface area contributed by atoms with Gasteiger partial charge in [0.2, 0.25) is 5.91 Å². The van der Waals surface area contributed by atoms with E-state index in [4.69, 9.17) is 0 Å². The van der Waals surface area contributed by atoms with Crippen LogP contribution in [0.5, 0.6) is 0 Å². The number of carbonyl (C=O) groups is 2. The molecule has 0 aromatic heterocycles. The average Bonchev–Trinajstić information content (AvgIpc) is 2.91. The van der Waals surface area contributed by atoms with Gasteiger partial charge in [0.05, 0.1) is 0 Å². The van der Waals surface area contributed by atoms with Gasteiger partial charge in [-0.1, -0.05) is 0 Å². The van der Waals surface area contributed by atoms with E-state index in [0.29, 0.717) is 31.5 Å². The monoisotopic (exact) mass is 286 g/mol. The lowest BCUT2D eigenvalue weighted by molar-refractivity contribution is -0.124. The first-order chi connectivity index (χ1) is 9.45. The molecule has 1 heterocycles. The van der Waals surface area contributed by atoms with Crippen molar-refractivity contribution in [2.45, 2.75) is 18.9 Å². The number of hydrogen-bond donors (Lipinski definition) is 1. The molecule has 0 bridgehead atoms. The Bertz CT molecular complexity index is 540. The first-order valence-electron chi connectivity index (χ1n) is 6.12. The fraction of sp³-hybridized carbons (Fsp3) is 0.385. The highest BCUT2D eigenvalue weighted by molar-refractivity contribution is 5.97. The Labute approximate surface area is 113 Å². The maximum Gasteiger partial charge on any atom is 0.254 e. The lowest BCUT2D eigenvalue weighted by Gasteiger charge is -2.23. The number of halogens is 3. The van der Waals surface area contributed by atoms with Crippen molar-refractivity contribution in [2.75, 3.05) is 13.6 Å². The minimum Gasteiger partial charge on any atom is -0.357 e. The van der Waals surface area contributed by atoms with E-state index in [2.05, 4.69) is 5.32 Å². The van der Waals surface area contributed by atoms with Gasteiger partial charge in [-0.15, -0.1) is 0 Å². The van der Waals surface area contributed by atoms with E-state index in [-0.39, 0.29) is 11.5 Å². The SMILES string of the molecule is CNC(=O)C1CCCN1C(=O)c1cc(F)c(F)c(F)c1. The summed E-state index contributed by atoms with van der Waals surface area (Å²) in [6.07, 6.45) is 1.10. The summed E-state index contributed by atoms with van der Waals surface area (Å²) in [5.41, 5.74) is -0.308. The van der Waals surface area contributed by atoms with Crippen molar-refractivity contribution in [2.24, 2.45) is 0 Å². The minimum atomic E-state index is -1.62. The van der Waals surface area contributed by atoms with Gasteiger partial charge in [-0.2, -0.15) is 0 Å². The third-order valence-corrected chi connectivity index (χ3v) is 3.29. The second-order valence-corrected chi connectivity index (χ2v) is 4.52. The molecule has 2 rings (SSSR count).